The molecule has 1 atom stereocenters. The average Bonchev–Trinajstić information content (AvgIpc) is 3.36. The smallest absolute Gasteiger partial charge is 0.296 e. The van der Waals surface area contributed by atoms with E-state index in [2.05, 4.69) is 4.98 Å². The second-order valence-corrected chi connectivity index (χ2v) is 7.50. The number of carbonyl (C=O) groups excluding carboxylic acids is 2. The van der Waals surface area contributed by atoms with Gasteiger partial charge in [0.05, 0.1) is 17.9 Å². The molecule has 158 valence electrons. The summed E-state index contributed by atoms with van der Waals surface area (Å²) in [5.74, 6) is -0.806. The second kappa shape index (κ2) is 8.47. The van der Waals surface area contributed by atoms with E-state index in [1.807, 2.05) is 19.9 Å². The lowest BCUT2D eigenvalue weighted by Gasteiger charge is -2.23. The van der Waals surface area contributed by atoms with Gasteiger partial charge < -0.3 is 19.2 Å². The molecule has 1 amide bonds. The third kappa shape index (κ3) is 4.07. The predicted octanol–water partition coefficient (Wildman–Crippen LogP) is 4.08. The van der Waals surface area contributed by atoms with Crippen LogP contribution >= 0.6 is 0 Å². The Morgan fingerprint density at radius 3 is 2.71 bits per heavy atom. The average molecular weight is 418 g/mol. The minimum absolute atomic E-state index is 0.0227. The molecule has 7 nitrogen and oxygen atoms in total. The number of likely N-dealkylation sites (tertiary alicyclic amines) is 1. The van der Waals surface area contributed by atoms with Crippen molar-refractivity contribution in [3.05, 3.63) is 89.6 Å². The molecule has 31 heavy (non-hydrogen) atoms. The van der Waals surface area contributed by atoms with E-state index in [1.165, 1.54) is 11.2 Å². The first-order chi connectivity index (χ1) is 15.0. The number of aromatic nitrogens is 1. The van der Waals surface area contributed by atoms with Gasteiger partial charge in [0.1, 0.15) is 23.3 Å². The highest BCUT2D eigenvalue weighted by molar-refractivity contribution is 6.46. The Bertz CT molecular complexity index is 1120. The molecule has 1 unspecified atom stereocenters. The summed E-state index contributed by atoms with van der Waals surface area (Å²) in [6, 6.07) is 12.9. The first-order valence-corrected chi connectivity index (χ1v) is 9.93. The Morgan fingerprint density at radius 1 is 1.19 bits per heavy atom. The van der Waals surface area contributed by atoms with Gasteiger partial charge in [-0.05, 0) is 49.7 Å². The Morgan fingerprint density at radius 2 is 2.03 bits per heavy atom. The topological polar surface area (TPSA) is 92.9 Å². The number of hydrogen-bond acceptors (Lipinski definition) is 6. The van der Waals surface area contributed by atoms with E-state index >= 15 is 0 Å². The zero-order valence-corrected chi connectivity index (χ0v) is 17.2. The molecule has 4 rings (SSSR count). The van der Waals surface area contributed by atoms with Gasteiger partial charge >= 0.3 is 0 Å². The van der Waals surface area contributed by atoms with Crippen molar-refractivity contribution in [2.75, 3.05) is 0 Å². The van der Waals surface area contributed by atoms with Gasteiger partial charge in [0.25, 0.3) is 11.7 Å². The molecule has 7 heteroatoms. The van der Waals surface area contributed by atoms with Gasteiger partial charge in [-0.25, -0.2) is 0 Å². The molecule has 1 saturated heterocycles. The number of benzene rings is 1. The minimum Gasteiger partial charge on any atom is -0.507 e. The van der Waals surface area contributed by atoms with E-state index in [1.54, 1.807) is 54.9 Å². The van der Waals surface area contributed by atoms with Crippen LogP contribution in [0.3, 0.4) is 0 Å². The van der Waals surface area contributed by atoms with Crippen LogP contribution < -0.4 is 4.74 Å². The molecule has 0 aliphatic carbocycles. The van der Waals surface area contributed by atoms with Crippen LogP contribution in [0, 0.1) is 0 Å². The molecule has 1 N–H and O–H groups in total. The summed E-state index contributed by atoms with van der Waals surface area (Å²) in [4.78, 5) is 31.4. The van der Waals surface area contributed by atoms with Gasteiger partial charge in [0, 0.05) is 24.5 Å². The fourth-order valence-corrected chi connectivity index (χ4v) is 3.62. The molecule has 1 aliphatic heterocycles. The molecule has 1 aliphatic rings. The molecule has 0 spiro atoms. The molecule has 2 aromatic heterocycles. The standard InChI is InChI=1S/C24H22N2O5/c1-15(2)31-18-8-3-7-17(12-18)22(27)20-21(19-9-5-11-30-19)26(24(29)23(20)28)14-16-6-4-10-25-13-16/h3-13,15,21,27H,14H2,1-2H3/b22-20-. The van der Waals surface area contributed by atoms with E-state index in [0.29, 0.717) is 17.1 Å². The number of hydrogen-bond donors (Lipinski definition) is 1. The van der Waals surface area contributed by atoms with Crippen LogP contribution in [0.1, 0.15) is 36.8 Å². The number of Topliss-reactive ketones (excluding diaryl/α,β-unsaturated/α-hetero) is 1. The molecule has 1 aromatic carbocycles. The lowest BCUT2D eigenvalue weighted by molar-refractivity contribution is -0.140. The molecule has 3 heterocycles. The van der Waals surface area contributed by atoms with Crippen molar-refractivity contribution in [1.82, 2.24) is 9.88 Å². The number of ether oxygens (including phenoxy) is 1. The SMILES string of the molecule is CC(C)Oc1cccc(/C(O)=C2/C(=O)C(=O)N(Cc3cccnc3)C2c2ccco2)c1. The Labute approximate surface area is 179 Å². The van der Waals surface area contributed by atoms with Gasteiger partial charge in [-0.2, -0.15) is 0 Å². The van der Waals surface area contributed by atoms with Crippen molar-refractivity contribution in [2.45, 2.75) is 32.5 Å². The molecule has 0 saturated carbocycles. The summed E-state index contributed by atoms with van der Waals surface area (Å²) >= 11 is 0. The van der Waals surface area contributed by atoms with E-state index in [4.69, 9.17) is 9.15 Å². The van der Waals surface area contributed by atoms with Gasteiger partial charge in [-0.3, -0.25) is 14.6 Å². The first kappa shape index (κ1) is 20.4. The summed E-state index contributed by atoms with van der Waals surface area (Å²) in [7, 11) is 0. The summed E-state index contributed by atoms with van der Waals surface area (Å²) in [5, 5.41) is 11.1. The van der Waals surface area contributed by atoms with Crippen LogP contribution in [-0.4, -0.2) is 32.8 Å². The molecular weight excluding hydrogens is 396 g/mol. The second-order valence-electron chi connectivity index (χ2n) is 7.50. The first-order valence-electron chi connectivity index (χ1n) is 9.93. The van der Waals surface area contributed by atoms with Crippen LogP contribution in [0.4, 0.5) is 0 Å². The molecular formula is C24H22N2O5. The number of nitrogens with zero attached hydrogens (tertiary/aromatic N) is 2. The van der Waals surface area contributed by atoms with Crippen molar-refractivity contribution in [3.63, 3.8) is 0 Å². The normalized spacial score (nSPS) is 18.0. The van der Waals surface area contributed by atoms with Crippen molar-refractivity contribution in [1.29, 1.82) is 0 Å². The van der Waals surface area contributed by atoms with Crippen LogP contribution in [0.2, 0.25) is 0 Å². The number of furan rings is 1. The maximum absolute atomic E-state index is 13.0. The van der Waals surface area contributed by atoms with Crippen LogP contribution in [0.15, 0.2) is 77.2 Å². The van der Waals surface area contributed by atoms with Crippen molar-refractivity contribution < 1.29 is 23.8 Å². The predicted molar refractivity (Wildman–Crippen MR) is 113 cm³/mol. The Hall–Kier alpha value is -3.87. The van der Waals surface area contributed by atoms with Crippen LogP contribution in [-0.2, 0) is 16.1 Å². The van der Waals surface area contributed by atoms with Crippen LogP contribution in [0.5, 0.6) is 5.75 Å². The molecule has 1 fully saturated rings. The highest BCUT2D eigenvalue weighted by atomic mass is 16.5. The maximum atomic E-state index is 13.0. The van der Waals surface area contributed by atoms with E-state index < -0.39 is 17.7 Å². The number of amides is 1. The van der Waals surface area contributed by atoms with Crippen LogP contribution in [0.25, 0.3) is 5.76 Å². The number of rotatable bonds is 6. The number of aliphatic hydroxyl groups excluding tert-OH is 1. The van der Waals surface area contributed by atoms with E-state index in [9.17, 15) is 14.7 Å². The number of aliphatic hydroxyl groups is 1. The van der Waals surface area contributed by atoms with Gasteiger partial charge in [0.15, 0.2) is 0 Å². The zero-order valence-electron chi connectivity index (χ0n) is 17.2. The lowest BCUT2D eigenvalue weighted by Crippen LogP contribution is -2.29. The summed E-state index contributed by atoms with van der Waals surface area (Å²) in [6.07, 6.45) is 4.68. The fraction of sp³-hybridized carbons (Fsp3) is 0.208. The lowest BCUT2D eigenvalue weighted by atomic mass is 9.99. The summed E-state index contributed by atoms with van der Waals surface area (Å²) < 4.78 is 11.2. The van der Waals surface area contributed by atoms with E-state index in [0.717, 1.165) is 5.56 Å². The van der Waals surface area contributed by atoms with Gasteiger partial charge in [-0.1, -0.05) is 18.2 Å². The molecule has 0 radical (unpaired) electrons. The Balaban J connectivity index is 1.80. The van der Waals surface area contributed by atoms with Crippen molar-refractivity contribution in [2.24, 2.45) is 0 Å². The van der Waals surface area contributed by atoms with Crippen molar-refractivity contribution in [3.8, 4) is 5.75 Å². The monoisotopic (exact) mass is 418 g/mol. The van der Waals surface area contributed by atoms with Gasteiger partial charge in [-0.15, -0.1) is 0 Å². The van der Waals surface area contributed by atoms with E-state index in [-0.39, 0.29) is 24.0 Å². The summed E-state index contributed by atoms with van der Waals surface area (Å²) in [5.41, 5.74) is 1.12. The largest absolute Gasteiger partial charge is 0.507 e. The summed E-state index contributed by atoms with van der Waals surface area (Å²) in [6.45, 7) is 3.94. The third-order valence-electron chi connectivity index (χ3n) is 4.91. The highest BCUT2D eigenvalue weighted by Crippen LogP contribution is 2.40. The number of pyridine rings is 1. The number of carbonyl (C=O) groups is 2. The zero-order chi connectivity index (χ0) is 22.0. The molecule has 3 aromatic rings. The maximum Gasteiger partial charge on any atom is 0.296 e. The number of ketones is 1. The minimum atomic E-state index is -0.857. The third-order valence-corrected chi connectivity index (χ3v) is 4.91. The van der Waals surface area contributed by atoms with Crippen molar-refractivity contribution >= 4 is 17.4 Å². The van der Waals surface area contributed by atoms with Gasteiger partial charge in [0.2, 0.25) is 0 Å². The Kier molecular flexibility index (Phi) is 5.58. The highest BCUT2D eigenvalue weighted by Gasteiger charge is 2.47. The molecule has 0 bridgehead atoms. The quantitative estimate of drug-likeness (QED) is 0.368. The fourth-order valence-electron chi connectivity index (χ4n) is 3.62.